The summed E-state index contributed by atoms with van der Waals surface area (Å²) in [6, 6.07) is -0.700. The molecule has 1 aliphatic rings. The fourth-order valence-corrected chi connectivity index (χ4v) is 2.65. The third-order valence-corrected chi connectivity index (χ3v) is 3.75. The summed E-state index contributed by atoms with van der Waals surface area (Å²) in [4.78, 5) is 26.2. The second-order valence-electron chi connectivity index (χ2n) is 5.62. The number of aryl methyl sites for hydroxylation is 1. The maximum atomic E-state index is 12.7. The molecule has 0 aliphatic carbocycles. The van der Waals surface area contributed by atoms with Crippen molar-refractivity contribution in [3.8, 4) is 0 Å². The van der Waals surface area contributed by atoms with E-state index in [1.54, 1.807) is 24.1 Å². The van der Waals surface area contributed by atoms with E-state index < -0.39 is 6.04 Å². The van der Waals surface area contributed by atoms with E-state index in [0.29, 0.717) is 11.5 Å². The van der Waals surface area contributed by atoms with Crippen molar-refractivity contribution in [2.24, 2.45) is 13.0 Å². The SMILES string of the molecule is C=CC(=O)N[C@H](C(=O)N1CCC[C@H](C)C1)c1cnn(C)c1. The molecule has 2 rings (SSSR count). The monoisotopic (exact) mass is 290 g/mol. The van der Waals surface area contributed by atoms with Crippen LogP contribution in [0.15, 0.2) is 25.0 Å². The van der Waals surface area contributed by atoms with Crippen molar-refractivity contribution in [2.45, 2.75) is 25.8 Å². The van der Waals surface area contributed by atoms with Gasteiger partial charge in [0.1, 0.15) is 6.04 Å². The molecule has 1 aliphatic heterocycles. The predicted octanol–water partition coefficient (Wildman–Crippen LogP) is 1.02. The summed E-state index contributed by atoms with van der Waals surface area (Å²) in [5.74, 6) is 0.0550. The van der Waals surface area contributed by atoms with Gasteiger partial charge >= 0.3 is 0 Å². The first-order valence-electron chi connectivity index (χ1n) is 7.21. The average molecular weight is 290 g/mol. The second kappa shape index (κ2) is 6.56. The van der Waals surface area contributed by atoms with Crippen LogP contribution in [0.4, 0.5) is 0 Å². The molecule has 6 nitrogen and oxygen atoms in total. The largest absolute Gasteiger partial charge is 0.340 e. The summed E-state index contributed by atoms with van der Waals surface area (Å²) < 4.78 is 1.62. The minimum Gasteiger partial charge on any atom is -0.340 e. The lowest BCUT2D eigenvalue weighted by Gasteiger charge is -2.33. The fourth-order valence-electron chi connectivity index (χ4n) is 2.65. The van der Waals surface area contributed by atoms with Crippen molar-refractivity contribution in [2.75, 3.05) is 13.1 Å². The Labute approximate surface area is 124 Å². The Morgan fingerprint density at radius 1 is 1.57 bits per heavy atom. The summed E-state index contributed by atoms with van der Waals surface area (Å²) in [6.45, 7) is 7.05. The number of likely N-dealkylation sites (tertiary alicyclic amines) is 1. The minimum absolute atomic E-state index is 0.0789. The van der Waals surface area contributed by atoms with E-state index >= 15 is 0 Å². The average Bonchev–Trinajstić information content (AvgIpc) is 2.90. The lowest BCUT2D eigenvalue weighted by atomic mass is 9.99. The molecule has 2 heterocycles. The van der Waals surface area contributed by atoms with E-state index in [9.17, 15) is 9.59 Å². The van der Waals surface area contributed by atoms with Gasteiger partial charge in [0.2, 0.25) is 11.8 Å². The highest BCUT2D eigenvalue weighted by Crippen LogP contribution is 2.21. The second-order valence-corrected chi connectivity index (χ2v) is 5.62. The smallest absolute Gasteiger partial charge is 0.249 e. The van der Waals surface area contributed by atoms with Gasteiger partial charge in [0, 0.05) is 31.9 Å². The maximum absolute atomic E-state index is 12.7. The lowest BCUT2D eigenvalue weighted by molar-refractivity contribution is -0.137. The van der Waals surface area contributed by atoms with Crippen LogP contribution in [0.3, 0.4) is 0 Å². The van der Waals surface area contributed by atoms with Crippen molar-refractivity contribution >= 4 is 11.8 Å². The normalized spacial score (nSPS) is 19.9. The number of rotatable bonds is 4. The molecule has 0 bridgehead atoms. The summed E-state index contributed by atoms with van der Waals surface area (Å²) >= 11 is 0. The molecule has 2 amide bonds. The van der Waals surface area contributed by atoms with Gasteiger partial charge in [-0.2, -0.15) is 5.10 Å². The number of nitrogens with one attached hydrogen (secondary N) is 1. The Kier molecular flexibility index (Phi) is 4.77. The lowest BCUT2D eigenvalue weighted by Crippen LogP contribution is -2.46. The maximum Gasteiger partial charge on any atom is 0.249 e. The first-order chi connectivity index (χ1) is 10.0. The summed E-state index contributed by atoms with van der Waals surface area (Å²) in [7, 11) is 1.78. The number of aromatic nitrogens is 2. The van der Waals surface area contributed by atoms with Gasteiger partial charge < -0.3 is 10.2 Å². The van der Waals surface area contributed by atoms with Crippen molar-refractivity contribution in [1.29, 1.82) is 0 Å². The van der Waals surface area contributed by atoms with Gasteiger partial charge in [0.05, 0.1) is 6.20 Å². The molecule has 2 atom stereocenters. The van der Waals surface area contributed by atoms with Crippen molar-refractivity contribution in [3.05, 3.63) is 30.6 Å². The van der Waals surface area contributed by atoms with Crippen LogP contribution in [0.1, 0.15) is 31.4 Å². The van der Waals surface area contributed by atoms with Crippen LogP contribution in [0, 0.1) is 5.92 Å². The van der Waals surface area contributed by atoms with Gasteiger partial charge in [-0.25, -0.2) is 0 Å². The van der Waals surface area contributed by atoms with Crippen LogP contribution in [-0.2, 0) is 16.6 Å². The van der Waals surface area contributed by atoms with Gasteiger partial charge in [-0.1, -0.05) is 13.5 Å². The third-order valence-electron chi connectivity index (χ3n) is 3.75. The van der Waals surface area contributed by atoms with Crippen LogP contribution < -0.4 is 5.32 Å². The van der Waals surface area contributed by atoms with Crippen LogP contribution in [-0.4, -0.2) is 39.6 Å². The van der Waals surface area contributed by atoms with Crippen LogP contribution in [0.25, 0.3) is 0 Å². The molecule has 0 spiro atoms. The predicted molar refractivity (Wildman–Crippen MR) is 79.3 cm³/mol. The molecule has 1 aromatic rings. The van der Waals surface area contributed by atoms with Crippen LogP contribution >= 0.6 is 0 Å². The molecule has 6 heteroatoms. The molecule has 0 aromatic carbocycles. The van der Waals surface area contributed by atoms with Gasteiger partial charge in [0.15, 0.2) is 0 Å². The van der Waals surface area contributed by atoms with Gasteiger partial charge in [-0.05, 0) is 24.8 Å². The molecular formula is C15H22N4O2. The number of amides is 2. The highest BCUT2D eigenvalue weighted by molar-refractivity contribution is 5.93. The molecule has 1 aromatic heterocycles. The van der Waals surface area contributed by atoms with Crippen molar-refractivity contribution in [3.63, 3.8) is 0 Å². The van der Waals surface area contributed by atoms with E-state index in [2.05, 4.69) is 23.9 Å². The highest BCUT2D eigenvalue weighted by atomic mass is 16.2. The van der Waals surface area contributed by atoms with E-state index in [1.807, 2.05) is 4.90 Å². The summed E-state index contributed by atoms with van der Waals surface area (Å²) in [5.41, 5.74) is 0.691. The molecule has 21 heavy (non-hydrogen) atoms. The van der Waals surface area contributed by atoms with Crippen molar-refractivity contribution in [1.82, 2.24) is 20.0 Å². The summed E-state index contributed by atoms with van der Waals surface area (Å²) in [5, 5.41) is 6.79. The Bertz CT molecular complexity index is 538. The van der Waals surface area contributed by atoms with E-state index in [4.69, 9.17) is 0 Å². The highest BCUT2D eigenvalue weighted by Gasteiger charge is 2.30. The number of carbonyl (C=O) groups is 2. The summed E-state index contributed by atoms with van der Waals surface area (Å²) in [6.07, 6.45) is 6.68. The zero-order valence-electron chi connectivity index (χ0n) is 12.6. The molecule has 0 unspecified atom stereocenters. The van der Waals surface area contributed by atoms with Crippen LogP contribution in [0.5, 0.6) is 0 Å². The number of nitrogens with zero attached hydrogens (tertiary/aromatic N) is 3. The van der Waals surface area contributed by atoms with Crippen LogP contribution in [0.2, 0.25) is 0 Å². The molecule has 114 valence electrons. The van der Waals surface area contributed by atoms with E-state index in [0.717, 1.165) is 25.9 Å². The Balaban J connectivity index is 2.19. The van der Waals surface area contributed by atoms with Gasteiger partial charge in [0.25, 0.3) is 0 Å². The van der Waals surface area contributed by atoms with Gasteiger partial charge in [-0.15, -0.1) is 0 Å². The molecule has 1 fully saturated rings. The number of hydrogen-bond donors (Lipinski definition) is 1. The first kappa shape index (κ1) is 15.3. The molecule has 0 radical (unpaired) electrons. The standard InChI is InChI=1S/C15H22N4O2/c1-4-13(20)17-14(12-8-16-18(3)10-12)15(21)19-7-5-6-11(2)9-19/h4,8,10-11,14H,1,5-7,9H2,2-3H3,(H,17,20)/t11-,14-/m0/s1. The third kappa shape index (κ3) is 3.71. The number of piperidine rings is 1. The number of carbonyl (C=O) groups excluding carboxylic acids is 2. The molecule has 1 N–H and O–H groups in total. The Morgan fingerprint density at radius 2 is 2.33 bits per heavy atom. The van der Waals surface area contributed by atoms with E-state index in [-0.39, 0.29) is 11.8 Å². The molecule has 1 saturated heterocycles. The van der Waals surface area contributed by atoms with E-state index in [1.165, 1.54) is 6.08 Å². The van der Waals surface area contributed by atoms with Gasteiger partial charge in [-0.3, -0.25) is 14.3 Å². The van der Waals surface area contributed by atoms with Crippen molar-refractivity contribution < 1.29 is 9.59 Å². The quantitative estimate of drug-likeness (QED) is 0.842. The number of hydrogen-bond acceptors (Lipinski definition) is 3. The fraction of sp³-hybridized carbons (Fsp3) is 0.533. The zero-order valence-corrected chi connectivity index (χ0v) is 12.6. The zero-order chi connectivity index (χ0) is 15.4. The Hall–Kier alpha value is -2.11. The first-order valence-corrected chi connectivity index (χ1v) is 7.21. The topological polar surface area (TPSA) is 67.2 Å². The Morgan fingerprint density at radius 3 is 2.90 bits per heavy atom. The molecular weight excluding hydrogens is 268 g/mol. The minimum atomic E-state index is -0.700. The molecule has 0 saturated carbocycles.